The van der Waals surface area contributed by atoms with Gasteiger partial charge in [0.05, 0.1) is 0 Å². The highest BCUT2D eigenvalue weighted by Crippen LogP contribution is 2.44. The molecule has 0 amide bonds. The minimum Gasteiger partial charge on any atom is -0.384 e. The van der Waals surface area contributed by atoms with Crippen molar-refractivity contribution in [2.75, 3.05) is 29.9 Å². The number of aryl methyl sites for hydroxylation is 1. The van der Waals surface area contributed by atoms with Crippen LogP contribution in [0.4, 0.5) is 11.5 Å². The Bertz CT molecular complexity index is 946. The first-order valence-corrected chi connectivity index (χ1v) is 8.43. The van der Waals surface area contributed by atoms with Gasteiger partial charge in [0.1, 0.15) is 12.1 Å². The van der Waals surface area contributed by atoms with E-state index in [2.05, 4.69) is 56.5 Å². The lowest BCUT2D eigenvalue weighted by atomic mass is 9.82. The molecule has 1 N–H and O–H groups in total. The molecule has 0 saturated carbocycles. The predicted octanol–water partition coefficient (Wildman–Crippen LogP) is 2.31. The highest BCUT2D eigenvalue weighted by Gasteiger charge is 2.45. The van der Waals surface area contributed by atoms with Crippen molar-refractivity contribution in [3.8, 4) is 0 Å². The fourth-order valence-electron chi connectivity index (χ4n) is 4.26. The van der Waals surface area contributed by atoms with Gasteiger partial charge in [0.25, 0.3) is 5.78 Å². The van der Waals surface area contributed by atoms with Crippen LogP contribution >= 0.6 is 0 Å². The molecule has 1 fully saturated rings. The molecule has 6 nitrogen and oxygen atoms in total. The van der Waals surface area contributed by atoms with Gasteiger partial charge in [-0.15, -0.1) is 0 Å². The molecule has 2 aliphatic heterocycles. The molecule has 2 aromatic heterocycles. The van der Waals surface area contributed by atoms with Crippen LogP contribution in [0.2, 0.25) is 0 Å². The van der Waals surface area contributed by atoms with Crippen LogP contribution in [0, 0.1) is 13.8 Å². The summed E-state index contributed by atoms with van der Waals surface area (Å²) < 4.78 is 1.88. The fourth-order valence-corrected chi connectivity index (χ4v) is 4.26. The summed E-state index contributed by atoms with van der Waals surface area (Å²) in [7, 11) is 0. The molecular weight excluding hydrogens is 300 g/mol. The Labute approximate surface area is 140 Å². The number of aromatic nitrogens is 4. The molecule has 1 aromatic carbocycles. The standard InChI is InChI=1S/C18H20N6/c1-12-13(2)22-17-20-11-21-24(17)16(12)23-8-7-18(10-23)9-19-15-6-4-3-5-14(15)18/h3-6,11,19H,7-10H2,1-2H3. The maximum absolute atomic E-state index is 4.54. The summed E-state index contributed by atoms with van der Waals surface area (Å²) in [4.78, 5) is 11.3. The van der Waals surface area contributed by atoms with Gasteiger partial charge in [-0.3, -0.25) is 0 Å². The molecule has 0 bridgehead atoms. The highest BCUT2D eigenvalue weighted by atomic mass is 15.4. The maximum atomic E-state index is 4.54. The SMILES string of the molecule is Cc1nc2ncnn2c(N2CCC3(CNc4ccccc43)C2)c1C. The largest absolute Gasteiger partial charge is 0.384 e. The Morgan fingerprint density at radius 3 is 3.00 bits per heavy atom. The summed E-state index contributed by atoms with van der Waals surface area (Å²) in [5.74, 6) is 1.82. The first kappa shape index (κ1) is 13.8. The van der Waals surface area contributed by atoms with Crippen LogP contribution in [0.15, 0.2) is 30.6 Å². The first-order chi connectivity index (χ1) is 11.7. The quantitative estimate of drug-likeness (QED) is 0.746. The van der Waals surface area contributed by atoms with Crippen LogP contribution in [-0.4, -0.2) is 39.2 Å². The number of benzene rings is 1. The summed E-state index contributed by atoms with van der Waals surface area (Å²) in [5, 5.41) is 8.00. The normalized spacial score (nSPS) is 22.3. The molecule has 1 atom stereocenters. The van der Waals surface area contributed by atoms with Crippen LogP contribution in [-0.2, 0) is 5.41 Å². The minimum atomic E-state index is 0.188. The van der Waals surface area contributed by atoms with E-state index >= 15 is 0 Å². The second-order valence-electron chi connectivity index (χ2n) is 6.97. The van der Waals surface area contributed by atoms with Crippen molar-refractivity contribution in [2.24, 2.45) is 0 Å². The van der Waals surface area contributed by atoms with Gasteiger partial charge in [-0.1, -0.05) is 18.2 Å². The average molecular weight is 320 g/mol. The molecule has 1 unspecified atom stereocenters. The number of anilines is 2. The van der Waals surface area contributed by atoms with E-state index in [1.165, 1.54) is 16.8 Å². The molecule has 24 heavy (non-hydrogen) atoms. The third kappa shape index (κ3) is 1.74. The van der Waals surface area contributed by atoms with Crippen molar-refractivity contribution in [3.63, 3.8) is 0 Å². The summed E-state index contributed by atoms with van der Waals surface area (Å²) in [6.07, 6.45) is 2.73. The number of fused-ring (bicyclic) bond motifs is 3. The zero-order valence-corrected chi connectivity index (χ0v) is 14.0. The molecule has 4 heterocycles. The van der Waals surface area contributed by atoms with Gasteiger partial charge in [-0.2, -0.15) is 14.6 Å². The van der Waals surface area contributed by atoms with E-state index in [1.54, 1.807) is 6.33 Å². The lowest BCUT2D eigenvalue weighted by molar-refractivity contribution is 0.527. The summed E-state index contributed by atoms with van der Waals surface area (Å²) >= 11 is 0. The molecule has 0 aliphatic carbocycles. The van der Waals surface area contributed by atoms with Crippen LogP contribution in [0.25, 0.3) is 5.78 Å². The van der Waals surface area contributed by atoms with Crippen molar-refractivity contribution in [1.82, 2.24) is 19.6 Å². The smallest absolute Gasteiger partial charge is 0.254 e. The van der Waals surface area contributed by atoms with Crippen molar-refractivity contribution in [1.29, 1.82) is 0 Å². The molecule has 1 saturated heterocycles. The third-order valence-electron chi connectivity index (χ3n) is 5.65. The molecule has 122 valence electrons. The van der Waals surface area contributed by atoms with Gasteiger partial charge >= 0.3 is 0 Å². The van der Waals surface area contributed by atoms with Gasteiger partial charge < -0.3 is 10.2 Å². The molecule has 3 aromatic rings. The Morgan fingerprint density at radius 2 is 2.08 bits per heavy atom. The molecule has 2 aliphatic rings. The second-order valence-corrected chi connectivity index (χ2v) is 6.97. The van der Waals surface area contributed by atoms with Gasteiger partial charge in [0, 0.05) is 42.0 Å². The topological polar surface area (TPSA) is 58.4 Å². The Hall–Kier alpha value is -2.63. The maximum Gasteiger partial charge on any atom is 0.254 e. The average Bonchev–Trinajstić information content (AvgIpc) is 3.30. The number of nitrogens with one attached hydrogen (secondary N) is 1. The van der Waals surface area contributed by atoms with E-state index in [4.69, 9.17) is 0 Å². The van der Waals surface area contributed by atoms with Crippen molar-refractivity contribution >= 4 is 17.3 Å². The summed E-state index contributed by atoms with van der Waals surface area (Å²) in [6, 6.07) is 8.71. The van der Waals surface area contributed by atoms with Gasteiger partial charge in [-0.05, 0) is 31.9 Å². The van der Waals surface area contributed by atoms with Crippen molar-refractivity contribution in [2.45, 2.75) is 25.7 Å². The Kier molecular flexibility index (Phi) is 2.69. The summed E-state index contributed by atoms with van der Waals surface area (Å²) in [6.45, 7) is 7.20. The Morgan fingerprint density at radius 1 is 1.21 bits per heavy atom. The van der Waals surface area contributed by atoms with E-state index < -0.39 is 0 Å². The van der Waals surface area contributed by atoms with Crippen LogP contribution in [0.1, 0.15) is 23.2 Å². The fraction of sp³-hybridized carbons (Fsp3) is 0.389. The zero-order valence-electron chi connectivity index (χ0n) is 14.0. The van der Waals surface area contributed by atoms with Gasteiger partial charge in [0.2, 0.25) is 0 Å². The molecule has 5 rings (SSSR count). The number of rotatable bonds is 1. The van der Waals surface area contributed by atoms with Crippen LogP contribution < -0.4 is 10.2 Å². The number of para-hydroxylation sites is 1. The highest BCUT2D eigenvalue weighted by molar-refractivity contribution is 5.63. The van der Waals surface area contributed by atoms with Crippen molar-refractivity contribution < 1.29 is 0 Å². The molecular formula is C18H20N6. The molecule has 6 heteroatoms. The lowest BCUT2D eigenvalue weighted by Gasteiger charge is -2.26. The van der Waals surface area contributed by atoms with E-state index in [1.807, 2.05) is 11.4 Å². The Balaban J connectivity index is 1.60. The third-order valence-corrected chi connectivity index (χ3v) is 5.65. The van der Waals surface area contributed by atoms with E-state index in [-0.39, 0.29) is 5.41 Å². The van der Waals surface area contributed by atoms with E-state index in [0.717, 1.165) is 37.6 Å². The zero-order chi connectivity index (χ0) is 16.3. The minimum absolute atomic E-state index is 0.188. The van der Waals surface area contributed by atoms with Gasteiger partial charge in [0.15, 0.2) is 0 Å². The van der Waals surface area contributed by atoms with E-state index in [0.29, 0.717) is 5.78 Å². The van der Waals surface area contributed by atoms with Crippen LogP contribution in [0.5, 0.6) is 0 Å². The number of hydrogen-bond acceptors (Lipinski definition) is 5. The number of nitrogens with zero attached hydrogens (tertiary/aromatic N) is 5. The molecule has 0 radical (unpaired) electrons. The second kappa shape index (κ2) is 4.69. The van der Waals surface area contributed by atoms with Crippen LogP contribution in [0.3, 0.4) is 0 Å². The van der Waals surface area contributed by atoms with E-state index in [9.17, 15) is 0 Å². The van der Waals surface area contributed by atoms with Crippen molar-refractivity contribution in [3.05, 3.63) is 47.4 Å². The number of hydrogen-bond donors (Lipinski definition) is 1. The predicted molar refractivity (Wildman–Crippen MR) is 93.7 cm³/mol. The molecule has 1 spiro atoms. The summed E-state index contributed by atoms with van der Waals surface area (Å²) in [5.41, 5.74) is 5.13. The monoisotopic (exact) mass is 320 g/mol. The first-order valence-electron chi connectivity index (χ1n) is 8.43. The lowest BCUT2D eigenvalue weighted by Crippen LogP contribution is -2.34. The van der Waals surface area contributed by atoms with Gasteiger partial charge in [-0.25, -0.2) is 4.98 Å².